The highest BCUT2D eigenvalue weighted by atomic mass is 16.5. The van der Waals surface area contributed by atoms with Crippen molar-refractivity contribution in [2.75, 3.05) is 6.54 Å². The average molecular weight is 281 g/mol. The van der Waals surface area contributed by atoms with Crippen molar-refractivity contribution in [1.82, 2.24) is 5.32 Å². The summed E-state index contributed by atoms with van der Waals surface area (Å²) in [5.74, 6) is -0.816. The molecule has 0 fully saturated rings. The third kappa shape index (κ3) is 6.19. The number of unbranched alkanes of at least 4 members (excludes halogenated alkanes) is 1. The lowest BCUT2D eigenvalue weighted by Gasteiger charge is -2.14. The molecule has 0 aliphatic carbocycles. The van der Waals surface area contributed by atoms with Crippen molar-refractivity contribution < 1.29 is 19.4 Å². The first-order chi connectivity index (χ1) is 10.2. The molecule has 1 atom stereocenters. The van der Waals surface area contributed by atoms with Gasteiger partial charge in [-0.05, 0) is 31.4 Å². The molecule has 0 aliphatic heterocycles. The van der Waals surface area contributed by atoms with E-state index in [0.717, 1.165) is 12.0 Å². The fraction of sp³-hybridized carbons (Fsp3) is 0.429. The van der Waals surface area contributed by atoms with Crippen LogP contribution in [0.2, 0.25) is 0 Å². The number of aliphatic carboxylic acids is 1. The maximum atomic E-state index is 11.7. The van der Waals surface area contributed by atoms with Gasteiger partial charge in [0.1, 0.15) is 12.6 Å². The van der Waals surface area contributed by atoms with Gasteiger partial charge in [0, 0.05) is 0 Å². The number of amides is 1. The number of nitrogens with two attached hydrogens (primary N) is 1. The number of carbonyl (C=O) groups excluding carboxylic acids is 1. The predicted molar refractivity (Wildman–Crippen MR) is 74.1 cm³/mol. The van der Waals surface area contributed by atoms with Crippen LogP contribution >= 0.6 is 0 Å². The SMILES string of the molecule is [2H]OC(=O)[C@H](CCCCN)NC(=O)OCc1ccccc1. The fourth-order valence-electron chi connectivity index (χ4n) is 1.65. The molecule has 1 amide bonds. The van der Waals surface area contributed by atoms with Crippen LogP contribution in [0.15, 0.2) is 30.3 Å². The Morgan fingerprint density at radius 3 is 2.75 bits per heavy atom. The van der Waals surface area contributed by atoms with Gasteiger partial charge in [-0.1, -0.05) is 30.3 Å². The third-order valence-electron chi connectivity index (χ3n) is 2.74. The molecule has 6 nitrogen and oxygen atoms in total. The number of hydrogen-bond donors (Lipinski definition) is 3. The first-order valence-electron chi connectivity index (χ1n) is 6.92. The molecule has 1 aromatic rings. The fourth-order valence-corrected chi connectivity index (χ4v) is 1.65. The molecule has 0 radical (unpaired) electrons. The molecule has 110 valence electrons. The quantitative estimate of drug-likeness (QED) is 0.627. The number of carbonyl (C=O) groups is 2. The summed E-state index contributed by atoms with van der Waals surface area (Å²) >= 11 is 0. The van der Waals surface area contributed by atoms with Gasteiger partial charge in [0.05, 0.1) is 0 Å². The largest absolute Gasteiger partial charge is 0.480 e. The Hall–Kier alpha value is -2.08. The Morgan fingerprint density at radius 2 is 2.10 bits per heavy atom. The van der Waals surface area contributed by atoms with Gasteiger partial charge in [-0.3, -0.25) is 0 Å². The Morgan fingerprint density at radius 1 is 1.35 bits per heavy atom. The van der Waals surface area contributed by atoms with Crippen LogP contribution in [-0.2, 0) is 16.1 Å². The topological polar surface area (TPSA) is 102 Å². The summed E-state index contributed by atoms with van der Waals surface area (Å²) < 4.78 is 11.6. The summed E-state index contributed by atoms with van der Waals surface area (Å²) in [6, 6.07) is 8.29. The molecule has 4 N–H and O–H groups in total. The molecule has 20 heavy (non-hydrogen) atoms. The van der Waals surface area contributed by atoms with Gasteiger partial charge >= 0.3 is 12.1 Å². The van der Waals surface area contributed by atoms with Gasteiger partial charge in [0.2, 0.25) is 0 Å². The zero-order valence-electron chi connectivity index (χ0n) is 12.2. The number of carboxylic acids is 1. The maximum Gasteiger partial charge on any atom is 0.408 e. The molecule has 0 aromatic heterocycles. The minimum Gasteiger partial charge on any atom is -0.480 e. The summed E-state index contributed by atoms with van der Waals surface area (Å²) in [5.41, 5.74) is 6.21. The molecule has 0 spiro atoms. The minimum atomic E-state index is -0.891. The summed E-state index contributed by atoms with van der Waals surface area (Å²) in [6.45, 7) is 0.610. The van der Waals surface area contributed by atoms with E-state index in [2.05, 4.69) is 10.4 Å². The number of hydrogen-bond acceptors (Lipinski definition) is 5. The Labute approximate surface area is 119 Å². The Balaban J connectivity index is 2.41. The second-order valence-corrected chi connectivity index (χ2v) is 4.36. The molecule has 1 rings (SSSR count). The first kappa shape index (κ1) is 14.3. The molecule has 0 aliphatic rings. The summed E-state index contributed by atoms with van der Waals surface area (Å²) in [5, 5.41) is 6.32. The van der Waals surface area contributed by atoms with Crippen LogP contribution in [0.5, 0.6) is 0 Å². The zero-order chi connectivity index (χ0) is 15.5. The highest BCUT2D eigenvalue weighted by Gasteiger charge is 2.19. The number of rotatable bonds is 8. The monoisotopic (exact) mass is 281 g/mol. The molecule has 0 heterocycles. The Bertz CT molecular complexity index is 442. The smallest absolute Gasteiger partial charge is 0.408 e. The molecular formula is C14H20N2O4. The predicted octanol–water partition coefficient (Wildman–Crippen LogP) is 1.49. The van der Waals surface area contributed by atoms with Gasteiger partial charge in [0.15, 0.2) is 0 Å². The van der Waals surface area contributed by atoms with E-state index in [1.807, 2.05) is 30.3 Å². The van der Waals surface area contributed by atoms with E-state index in [0.29, 0.717) is 19.4 Å². The molecule has 6 heteroatoms. The molecule has 0 bridgehead atoms. The van der Waals surface area contributed by atoms with Gasteiger partial charge in [-0.2, -0.15) is 0 Å². The van der Waals surface area contributed by atoms with E-state index in [9.17, 15) is 9.59 Å². The van der Waals surface area contributed by atoms with Gasteiger partial charge in [-0.25, -0.2) is 9.59 Å². The summed E-state index contributed by atoms with van der Waals surface area (Å²) in [4.78, 5) is 23.1. The van der Waals surface area contributed by atoms with Crippen molar-refractivity contribution in [3.63, 3.8) is 0 Å². The Kier molecular flexibility index (Phi) is 6.40. The molecular weight excluding hydrogens is 260 g/mol. The second kappa shape index (κ2) is 8.92. The van der Waals surface area contributed by atoms with Crippen molar-refractivity contribution >= 4 is 12.1 Å². The number of benzene rings is 1. The number of carboxylic acid groups (broad SMARTS) is 1. The highest BCUT2D eigenvalue weighted by Crippen LogP contribution is 2.03. The van der Waals surface area contributed by atoms with Crippen molar-refractivity contribution in [3.05, 3.63) is 35.9 Å². The van der Waals surface area contributed by atoms with E-state index in [1.54, 1.807) is 0 Å². The average Bonchev–Trinajstić information content (AvgIpc) is 2.52. The van der Waals surface area contributed by atoms with Crippen LogP contribution in [-0.4, -0.2) is 29.8 Å². The molecule has 0 unspecified atom stereocenters. The standard InChI is InChI=1S/C14H20N2O4/c15-9-5-4-8-12(13(17)18)16-14(19)20-10-11-6-2-1-3-7-11/h1-3,6-7,12H,4-5,8-10,15H2,(H,16,19)(H,17,18)/t12-/m0/s1/i/hD. The summed E-state index contributed by atoms with van der Waals surface area (Å²) in [7, 11) is 0. The number of alkyl carbamates (subject to hydrolysis) is 1. The number of ether oxygens (including phenoxy) is 1. The molecule has 0 saturated carbocycles. The normalized spacial score (nSPS) is 12.2. The van der Waals surface area contributed by atoms with Crippen LogP contribution in [0.1, 0.15) is 24.8 Å². The van der Waals surface area contributed by atoms with Crippen LogP contribution < -0.4 is 11.1 Å². The van der Waals surface area contributed by atoms with Crippen molar-refractivity contribution in [2.24, 2.45) is 5.73 Å². The lowest BCUT2D eigenvalue weighted by Crippen LogP contribution is -2.41. The van der Waals surface area contributed by atoms with E-state index < -0.39 is 18.1 Å². The van der Waals surface area contributed by atoms with Crippen molar-refractivity contribution in [3.8, 4) is 0 Å². The highest BCUT2D eigenvalue weighted by molar-refractivity contribution is 5.79. The first-order valence-corrected chi connectivity index (χ1v) is 6.51. The third-order valence-corrected chi connectivity index (χ3v) is 2.74. The molecule has 0 saturated heterocycles. The van der Waals surface area contributed by atoms with Crippen molar-refractivity contribution in [2.45, 2.75) is 31.9 Å². The van der Waals surface area contributed by atoms with E-state index in [-0.39, 0.29) is 6.61 Å². The van der Waals surface area contributed by atoms with Crippen LogP contribution in [0.4, 0.5) is 4.79 Å². The number of nitrogens with one attached hydrogen (secondary N) is 1. The van der Waals surface area contributed by atoms with E-state index in [1.165, 1.54) is 0 Å². The van der Waals surface area contributed by atoms with Crippen LogP contribution in [0.25, 0.3) is 1.43 Å². The van der Waals surface area contributed by atoms with Crippen LogP contribution in [0.3, 0.4) is 0 Å². The van der Waals surface area contributed by atoms with E-state index >= 15 is 0 Å². The van der Waals surface area contributed by atoms with Gasteiger partial charge in [0.25, 0.3) is 1.43 Å². The van der Waals surface area contributed by atoms with E-state index in [4.69, 9.17) is 11.9 Å². The second-order valence-electron chi connectivity index (χ2n) is 4.36. The maximum absolute atomic E-state index is 11.7. The van der Waals surface area contributed by atoms with Crippen molar-refractivity contribution in [1.29, 1.82) is 1.43 Å². The minimum absolute atomic E-state index is 0.109. The van der Waals surface area contributed by atoms with Gasteiger partial charge in [-0.15, -0.1) is 0 Å². The summed E-state index contributed by atoms with van der Waals surface area (Å²) in [6.07, 6.45) is 1.01. The molecule has 1 aromatic carbocycles. The lowest BCUT2D eigenvalue weighted by molar-refractivity contribution is -0.139. The van der Waals surface area contributed by atoms with Crippen LogP contribution in [0, 0.1) is 0 Å². The van der Waals surface area contributed by atoms with Gasteiger partial charge < -0.3 is 20.9 Å². The zero-order valence-corrected chi connectivity index (χ0v) is 11.2. The lowest BCUT2D eigenvalue weighted by atomic mass is 10.1.